The molecule has 1 amide bonds. The number of amides is 1. The van der Waals surface area contributed by atoms with E-state index in [-0.39, 0.29) is 28.7 Å². The molecule has 9 nitrogen and oxygen atoms in total. The van der Waals surface area contributed by atoms with Crippen LogP contribution in [0.5, 0.6) is 0 Å². The first kappa shape index (κ1) is 25.3. The van der Waals surface area contributed by atoms with Crippen LogP contribution in [0, 0.1) is 6.92 Å². The van der Waals surface area contributed by atoms with Crippen LogP contribution in [-0.2, 0) is 21.4 Å². The largest absolute Gasteiger partial charge is 0.283 e. The molecule has 0 fully saturated rings. The van der Waals surface area contributed by atoms with Gasteiger partial charge in [-0.05, 0) is 42.3 Å². The fourth-order valence-corrected chi connectivity index (χ4v) is 4.66. The molecule has 184 valence electrons. The van der Waals surface area contributed by atoms with Crippen LogP contribution in [0.25, 0.3) is 10.9 Å². The molecule has 36 heavy (non-hydrogen) atoms. The van der Waals surface area contributed by atoms with Gasteiger partial charge in [0, 0.05) is 0 Å². The standard InChI is InChI=1S/C25H23N5O4S2/c1-17-6-8-18(9-7-17)14-27-29-23(31)16-35-25-28-22-5-3-2-4-21(22)24(32)30(25)15-19-10-12-20(13-11-19)36(26,33)34/h2-14H,15-16H2,1H3,(H,29,31)(H2,26,33,34)/b27-14+. The maximum atomic E-state index is 13.2. The third-order valence-electron chi connectivity index (χ3n) is 5.23. The van der Waals surface area contributed by atoms with E-state index >= 15 is 0 Å². The molecular weight excluding hydrogens is 498 g/mol. The summed E-state index contributed by atoms with van der Waals surface area (Å²) in [7, 11) is -3.82. The lowest BCUT2D eigenvalue weighted by Crippen LogP contribution is -2.25. The zero-order chi connectivity index (χ0) is 25.7. The van der Waals surface area contributed by atoms with Gasteiger partial charge in [-0.15, -0.1) is 0 Å². The van der Waals surface area contributed by atoms with Gasteiger partial charge in [0.05, 0.1) is 34.3 Å². The molecule has 1 aromatic heterocycles. The Morgan fingerprint density at radius 3 is 2.47 bits per heavy atom. The second kappa shape index (κ2) is 10.9. The Balaban J connectivity index is 1.54. The third kappa shape index (κ3) is 6.25. The molecule has 0 saturated carbocycles. The molecule has 3 aromatic carbocycles. The highest BCUT2D eigenvalue weighted by atomic mass is 32.2. The molecule has 0 bridgehead atoms. The summed E-state index contributed by atoms with van der Waals surface area (Å²) in [5, 5.41) is 9.94. The van der Waals surface area contributed by atoms with Gasteiger partial charge in [-0.1, -0.05) is 65.9 Å². The number of hydrogen-bond donors (Lipinski definition) is 2. The predicted octanol–water partition coefficient (Wildman–Crippen LogP) is 2.64. The Morgan fingerprint density at radius 2 is 1.78 bits per heavy atom. The normalized spacial score (nSPS) is 11.7. The van der Waals surface area contributed by atoms with Crippen LogP contribution in [0.2, 0.25) is 0 Å². The van der Waals surface area contributed by atoms with E-state index in [4.69, 9.17) is 5.14 Å². The Hall–Kier alpha value is -3.80. The smallest absolute Gasteiger partial charge is 0.262 e. The van der Waals surface area contributed by atoms with Crippen molar-refractivity contribution in [2.24, 2.45) is 10.2 Å². The molecule has 4 rings (SSSR count). The van der Waals surface area contributed by atoms with Gasteiger partial charge in [0.15, 0.2) is 5.16 Å². The monoisotopic (exact) mass is 521 g/mol. The number of aryl methyl sites for hydroxylation is 1. The molecule has 0 aliphatic rings. The molecule has 1 heterocycles. The van der Waals surface area contributed by atoms with Crippen LogP contribution < -0.4 is 16.1 Å². The van der Waals surface area contributed by atoms with Gasteiger partial charge in [-0.3, -0.25) is 14.2 Å². The summed E-state index contributed by atoms with van der Waals surface area (Å²) >= 11 is 1.11. The molecular formula is C25H23N5O4S2. The molecule has 0 atom stereocenters. The SMILES string of the molecule is Cc1ccc(/C=N/NC(=O)CSc2nc3ccccc3c(=O)n2Cc2ccc(S(N)(=O)=O)cc2)cc1. The van der Waals surface area contributed by atoms with Crippen molar-refractivity contribution in [2.45, 2.75) is 23.5 Å². The van der Waals surface area contributed by atoms with Crippen LogP contribution >= 0.6 is 11.8 Å². The molecule has 0 aliphatic heterocycles. The quantitative estimate of drug-likeness (QED) is 0.158. The first-order valence-electron chi connectivity index (χ1n) is 10.8. The lowest BCUT2D eigenvalue weighted by Gasteiger charge is -2.13. The Labute approximate surface area is 212 Å². The molecule has 4 aromatic rings. The van der Waals surface area contributed by atoms with E-state index in [0.717, 1.165) is 22.9 Å². The minimum atomic E-state index is -3.82. The van der Waals surface area contributed by atoms with Gasteiger partial charge in [0.2, 0.25) is 10.0 Å². The number of thioether (sulfide) groups is 1. The van der Waals surface area contributed by atoms with Crippen LogP contribution in [0.4, 0.5) is 0 Å². The molecule has 0 aliphatic carbocycles. The first-order valence-corrected chi connectivity index (χ1v) is 13.4. The van der Waals surface area contributed by atoms with E-state index in [1.54, 1.807) is 42.6 Å². The Kier molecular flexibility index (Phi) is 7.63. The van der Waals surface area contributed by atoms with Crippen LogP contribution in [-0.4, -0.2) is 35.8 Å². The van der Waals surface area contributed by atoms with Crippen molar-refractivity contribution in [3.05, 3.63) is 99.8 Å². The van der Waals surface area contributed by atoms with E-state index in [0.29, 0.717) is 21.6 Å². The van der Waals surface area contributed by atoms with Crippen molar-refractivity contribution in [3.63, 3.8) is 0 Å². The Bertz CT molecular complexity index is 1600. The number of benzene rings is 3. The summed E-state index contributed by atoms with van der Waals surface area (Å²) < 4.78 is 24.5. The molecule has 0 saturated heterocycles. The number of para-hydroxylation sites is 1. The summed E-state index contributed by atoms with van der Waals surface area (Å²) in [6.45, 7) is 2.12. The van der Waals surface area contributed by atoms with Crippen molar-refractivity contribution in [1.82, 2.24) is 15.0 Å². The van der Waals surface area contributed by atoms with Crippen molar-refractivity contribution < 1.29 is 13.2 Å². The number of carbonyl (C=O) groups is 1. The minimum absolute atomic E-state index is 0.0135. The van der Waals surface area contributed by atoms with Crippen LogP contribution in [0.1, 0.15) is 16.7 Å². The molecule has 0 unspecified atom stereocenters. The highest BCUT2D eigenvalue weighted by Crippen LogP contribution is 2.19. The number of nitrogens with zero attached hydrogens (tertiary/aromatic N) is 3. The van der Waals surface area contributed by atoms with E-state index < -0.39 is 10.0 Å². The zero-order valence-electron chi connectivity index (χ0n) is 19.3. The number of nitrogens with one attached hydrogen (secondary N) is 1. The average Bonchev–Trinajstić information content (AvgIpc) is 2.86. The van der Waals surface area contributed by atoms with Crippen molar-refractivity contribution in [2.75, 3.05) is 5.75 Å². The maximum absolute atomic E-state index is 13.2. The molecule has 0 radical (unpaired) electrons. The first-order chi connectivity index (χ1) is 17.2. The van der Waals surface area contributed by atoms with E-state index in [1.807, 2.05) is 31.2 Å². The van der Waals surface area contributed by atoms with E-state index in [9.17, 15) is 18.0 Å². The molecule has 0 spiro atoms. The highest BCUT2D eigenvalue weighted by molar-refractivity contribution is 7.99. The number of sulfonamides is 1. The Morgan fingerprint density at radius 1 is 1.08 bits per heavy atom. The lowest BCUT2D eigenvalue weighted by molar-refractivity contribution is -0.118. The van der Waals surface area contributed by atoms with Gasteiger partial charge < -0.3 is 0 Å². The number of hydrogen-bond acceptors (Lipinski definition) is 7. The van der Waals surface area contributed by atoms with Gasteiger partial charge in [0.25, 0.3) is 11.5 Å². The second-order valence-electron chi connectivity index (χ2n) is 7.98. The molecule has 11 heteroatoms. The number of primary sulfonamides is 1. The molecule has 3 N–H and O–H groups in total. The van der Waals surface area contributed by atoms with Gasteiger partial charge in [-0.25, -0.2) is 24.0 Å². The van der Waals surface area contributed by atoms with Gasteiger partial charge >= 0.3 is 0 Å². The fraction of sp³-hybridized carbons (Fsp3) is 0.120. The third-order valence-corrected chi connectivity index (χ3v) is 7.14. The van der Waals surface area contributed by atoms with Crippen LogP contribution in [0.3, 0.4) is 0 Å². The minimum Gasteiger partial charge on any atom is -0.283 e. The summed E-state index contributed by atoms with van der Waals surface area (Å²) in [5.74, 6) is -0.366. The summed E-state index contributed by atoms with van der Waals surface area (Å²) in [6.07, 6.45) is 1.55. The van der Waals surface area contributed by atoms with E-state index in [2.05, 4.69) is 15.5 Å². The summed E-state index contributed by atoms with van der Waals surface area (Å²) in [6, 6.07) is 20.6. The number of carbonyl (C=O) groups excluding carboxylic acids is 1. The number of fused-ring (bicyclic) bond motifs is 1. The maximum Gasteiger partial charge on any atom is 0.262 e. The highest BCUT2D eigenvalue weighted by Gasteiger charge is 2.14. The van der Waals surface area contributed by atoms with Crippen molar-refractivity contribution >= 4 is 44.8 Å². The van der Waals surface area contributed by atoms with Crippen molar-refractivity contribution in [3.8, 4) is 0 Å². The predicted molar refractivity (Wildman–Crippen MR) is 141 cm³/mol. The number of rotatable bonds is 8. The second-order valence-corrected chi connectivity index (χ2v) is 10.5. The summed E-state index contributed by atoms with van der Waals surface area (Å²) in [5.41, 5.74) is 5.39. The lowest BCUT2D eigenvalue weighted by atomic mass is 10.2. The number of nitrogens with two attached hydrogens (primary N) is 1. The van der Waals surface area contributed by atoms with Crippen molar-refractivity contribution in [1.29, 1.82) is 0 Å². The average molecular weight is 522 g/mol. The topological polar surface area (TPSA) is 137 Å². The van der Waals surface area contributed by atoms with Crippen LogP contribution in [0.15, 0.2) is 92.7 Å². The summed E-state index contributed by atoms with van der Waals surface area (Å²) in [4.78, 5) is 30.2. The van der Waals surface area contributed by atoms with Gasteiger partial charge in [-0.2, -0.15) is 5.10 Å². The van der Waals surface area contributed by atoms with E-state index in [1.165, 1.54) is 16.7 Å². The fourth-order valence-electron chi connectivity index (χ4n) is 3.36. The number of aromatic nitrogens is 2. The number of hydrazone groups is 1. The van der Waals surface area contributed by atoms with Gasteiger partial charge in [0.1, 0.15) is 0 Å². The zero-order valence-corrected chi connectivity index (χ0v) is 20.9.